The highest BCUT2D eigenvalue weighted by molar-refractivity contribution is 7.99. The number of thioether (sulfide) groups is 1. The van der Waals surface area contributed by atoms with Crippen LogP contribution in [0.5, 0.6) is 0 Å². The number of likely N-dealkylation sites (tertiary alicyclic amines) is 1. The maximum Gasteiger partial charge on any atom is 0.0552 e. The van der Waals surface area contributed by atoms with Crippen LogP contribution < -0.4 is 0 Å². The molecule has 1 fully saturated rings. The van der Waals surface area contributed by atoms with Gasteiger partial charge >= 0.3 is 0 Å². The Bertz CT molecular complexity index is 368. The molecule has 0 aromatic heterocycles. The van der Waals surface area contributed by atoms with Gasteiger partial charge in [-0.15, -0.1) is 11.8 Å². The number of hydrogen-bond donors (Lipinski definition) is 1. The first-order valence-electron chi connectivity index (χ1n) is 7.27. The molecule has 0 saturated carbocycles. The van der Waals surface area contributed by atoms with Gasteiger partial charge in [0.2, 0.25) is 0 Å². The predicted molar refractivity (Wildman–Crippen MR) is 82.6 cm³/mol. The summed E-state index contributed by atoms with van der Waals surface area (Å²) >= 11 is 1.94. The molecule has 0 bridgehead atoms. The Hall–Kier alpha value is -0.510. The fourth-order valence-corrected chi connectivity index (χ4v) is 3.70. The Kier molecular flexibility index (Phi) is 5.74. The van der Waals surface area contributed by atoms with Crippen LogP contribution in [0.1, 0.15) is 26.7 Å². The average Bonchev–Trinajstić information content (AvgIpc) is 2.89. The Balaban J connectivity index is 1.69. The summed E-state index contributed by atoms with van der Waals surface area (Å²) in [5.74, 6) is 1.64. The topological polar surface area (TPSA) is 23.5 Å². The largest absolute Gasteiger partial charge is 0.393 e. The number of hydrogen-bond acceptors (Lipinski definition) is 3. The van der Waals surface area contributed by atoms with E-state index in [0.717, 1.165) is 19.5 Å². The second-order valence-corrected chi connectivity index (χ2v) is 6.75. The van der Waals surface area contributed by atoms with Crippen LogP contribution in [0.2, 0.25) is 0 Å². The monoisotopic (exact) mass is 279 g/mol. The van der Waals surface area contributed by atoms with Gasteiger partial charge in [-0.05, 0) is 57.0 Å². The maximum absolute atomic E-state index is 9.65. The van der Waals surface area contributed by atoms with Crippen LogP contribution in [0.3, 0.4) is 0 Å². The first kappa shape index (κ1) is 14.9. The van der Waals surface area contributed by atoms with E-state index >= 15 is 0 Å². The zero-order chi connectivity index (χ0) is 13.7. The molecule has 3 heteroatoms. The van der Waals surface area contributed by atoms with E-state index in [1.54, 1.807) is 0 Å². The van der Waals surface area contributed by atoms with Crippen LogP contribution in [0.4, 0.5) is 0 Å². The zero-order valence-electron chi connectivity index (χ0n) is 12.0. The number of aliphatic hydroxyl groups excluding tert-OH is 1. The van der Waals surface area contributed by atoms with Crippen molar-refractivity contribution in [3.05, 3.63) is 30.3 Å². The molecule has 1 N–H and O–H groups in total. The van der Waals surface area contributed by atoms with Crippen LogP contribution in [0, 0.1) is 5.92 Å². The van der Waals surface area contributed by atoms with Crippen molar-refractivity contribution in [2.75, 3.05) is 18.8 Å². The van der Waals surface area contributed by atoms with Gasteiger partial charge in [-0.3, -0.25) is 0 Å². The molecule has 106 valence electrons. The fourth-order valence-electron chi connectivity index (χ4n) is 2.66. The Morgan fingerprint density at radius 1 is 1.32 bits per heavy atom. The number of rotatable bonds is 6. The molecule has 1 saturated heterocycles. The summed E-state index contributed by atoms with van der Waals surface area (Å²) in [6, 6.07) is 11.2. The van der Waals surface area contributed by atoms with E-state index in [4.69, 9.17) is 0 Å². The van der Waals surface area contributed by atoms with Crippen molar-refractivity contribution in [2.45, 2.75) is 43.7 Å². The standard InChI is InChI=1S/C16H25NOS/c1-13(17-10-8-15(12-17)14(2)18)9-11-19-16-6-4-3-5-7-16/h3-7,13-15,18H,8-12H2,1-2H3. The second-order valence-electron chi connectivity index (χ2n) is 5.58. The van der Waals surface area contributed by atoms with Crippen molar-refractivity contribution in [3.63, 3.8) is 0 Å². The van der Waals surface area contributed by atoms with E-state index < -0.39 is 0 Å². The minimum absolute atomic E-state index is 0.157. The third kappa shape index (κ3) is 4.51. The van der Waals surface area contributed by atoms with E-state index in [2.05, 4.69) is 42.2 Å². The quantitative estimate of drug-likeness (QED) is 0.809. The maximum atomic E-state index is 9.65. The van der Waals surface area contributed by atoms with E-state index in [-0.39, 0.29) is 6.10 Å². The molecular weight excluding hydrogens is 254 g/mol. The van der Waals surface area contributed by atoms with Gasteiger partial charge in [-0.1, -0.05) is 18.2 Å². The van der Waals surface area contributed by atoms with Gasteiger partial charge in [0.15, 0.2) is 0 Å². The fraction of sp³-hybridized carbons (Fsp3) is 0.625. The zero-order valence-corrected chi connectivity index (χ0v) is 12.8. The lowest BCUT2D eigenvalue weighted by Crippen LogP contribution is -2.32. The van der Waals surface area contributed by atoms with Crippen LogP contribution in [0.25, 0.3) is 0 Å². The van der Waals surface area contributed by atoms with E-state index in [0.29, 0.717) is 12.0 Å². The van der Waals surface area contributed by atoms with E-state index in [1.165, 1.54) is 17.1 Å². The van der Waals surface area contributed by atoms with Crippen molar-refractivity contribution in [1.29, 1.82) is 0 Å². The van der Waals surface area contributed by atoms with Crippen LogP contribution in [-0.4, -0.2) is 41.0 Å². The molecule has 2 rings (SSSR count). The Morgan fingerprint density at radius 2 is 2.05 bits per heavy atom. The van der Waals surface area contributed by atoms with Crippen LogP contribution >= 0.6 is 11.8 Å². The smallest absolute Gasteiger partial charge is 0.0552 e. The number of benzene rings is 1. The lowest BCUT2D eigenvalue weighted by atomic mass is 10.0. The summed E-state index contributed by atoms with van der Waals surface area (Å²) in [6.07, 6.45) is 2.20. The van der Waals surface area contributed by atoms with Gasteiger partial charge < -0.3 is 10.0 Å². The predicted octanol–water partition coefficient (Wildman–Crippen LogP) is 3.26. The van der Waals surface area contributed by atoms with Crippen molar-refractivity contribution >= 4 is 11.8 Å². The summed E-state index contributed by atoms with van der Waals surface area (Å²) in [7, 11) is 0. The third-order valence-corrected chi connectivity index (χ3v) is 5.15. The highest BCUT2D eigenvalue weighted by Gasteiger charge is 2.28. The molecule has 3 unspecified atom stereocenters. The van der Waals surface area contributed by atoms with Crippen molar-refractivity contribution in [3.8, 4) is 0 Å². The first-order valence-corrected chi connectivity index (χ1v) is 8.25. The van der Waals surface area contributed by atoms with Crippen molar-refractivity contribution < 1.29 is 5.11 Å². The lowest BCUT2D eigenvalue weighted by Gasteiger charge is -2.24. The van der Waals surface area contributed by atoms with E-state index in [1.807, 2.05) is 18.7 Å². The molecule has 2 nitrogen and oxygen atoms in total. The van der Waals surface area contributed by atoms with Gasteiger partial charge in [0, 0.05) is 17.5 Å². The molecule has 0 aliphatic carbocycles. The molecule has 19 heavy (non-hydrogen) atoms. The minimum atomic E-state index is -0.157. The van der Waals surface area contributed by atoms with Crippen molar-refractivity contribution in [2.24, 2.45) is 5.92 Å². The molecular formula is C16H25NOS. The molecule has 1 aliphatic rings. The van der Waals surface area contributed by atoms with Gasteiger partial charge in [0.05, 0.1) is 6.10 Å². The van der Waals surface area contributed by atoms with Gasteiger partial charge in [-0.25, -0.2) is 0 Å². The summed E-state index contributed by atoms with van der Waals surface area (Å²) in [5, 5.41) is 9.65. The van der Waals surface area contributed by atoms with Gasteiger partial charge in [0.25, 0.3) is 0 Å². The lowest BCUT2D eigenvalue weighted by molar-refractivity contribution is 0.123. The summed E-state index contributed by atoms with van der Waals surface area (Å²) in [6.45, 7) is 6.45. The molecule has 1 aromatic carbocycles. The third-order valence-electron chi connectivity index (χ3n) is 4.11. The van der Waals surface area contributed by atoms with Crippen molar-refractivity contribution in [1.82, 2.24) is 4.90 Å². The molecule has 0 radical (unpaired) electrons. The van der Waals surface area contributed by atoms with Gasteiger partial charge in [-0.2, -0.15) is 0 Å². The molecule has 1 aromatic rings. The van der Waals surface area contributed by atoms with E-state index in [9.17, 15) is 5.11 Å². The SMILES string of the molecule is CC(O)C1CCN(C(C)CCSc2ccccc2)C1. The minimum Gasteiger partial charge on any atom is -0.393 e. The molecule has 0 spiro atoms. The normalized spacial score (nSPS) is 23.4. The van der Waals surface area contributed by atoms with Crippen LogP contribution in [-0.2, 0) is 0 Å². The number of aliphatic hydroxyl groups is 1. The highest BCUT2D eigenvalue weighted by atomic mass is 32.2. The summed E-state index contributed by atoms with van der Waals surface area (Å²) < 4.78 is 0. The molecule has 1 aliphatic heterocycles. The summed E-state index contributed by atoms with van der Waals surface area (Å²) in [5.41, 5.74) is 0. The number of nitrogens with zero attached hydrogens (tertiary/aromatic N) is 1. The first-order chi connectivity index (χ1) is 9.16. The van der Waals surface area contributed by atoms with Gasteiger partial charge in [0.1, 0.15) is 0 Å². The average molecular weight is 279 g/mol. The second kappa shape index (κ2) is 7.32. The van der Waals surface area contributed by atoms with Crippen LogP contribution in [0.15, 0.2) is 35.2 Å². The Morgan fingerprint density at radius 3 is 2.68 bits per heavy atom. The summed E-state index contributed by atoms with van der Waals surface area (Å²) in [4.78, 5) is 3.89. The molecule has 0 amide bonds. The Labute approximate surface area is 121 Å². The molecule has 3 atom stereocenters. The molecule has 1 heterocycles. The highest BCUT2D eigenvalue weighted by Crippen LogP contribution is 2.24.